The van der Waals surface area contributed by atoms with Crippen LogP contribution in [0, 0.1) is 0 Å². The maximum absolute atomic E-state index is 5.98. The number of ether oxygens (including phenoxy) is 1. The average Bonchev–Trinajstić information content (AvgIpc) is 2.60. The highest BCUT2D eigenvalue weighted by atomic mass is 35.5. The molecule has 1 heterocycles. The Kier molecular flexibility index (Phi) is 6.61. The van der Waals surface area contributed by atoms with Gasteiger partial charge >= 0.3 is 0 Å². The summed E-state index contributed by atoms with van der Waals surface area (Å²) in [5.41, 5.74) is 0. The molecule has 0 bridgehead atoms. The summed E-state index contributed by atoms with van der Waals surface area (Å²) in [6.07, 6.45) is 0.911. The van der Waals surface area contributed by atoms with E-state index in [2.05, 4.69) is 5.32 Å². The molecule has 1 unspecified atom stereocenters. The van der Waals surface area contributed by atoms with E-state index in [0.717, 1.165) is 23.8 Å². The van der Waals surface area contributed by atoms with Gasteiger partial charge in [0, 0.05) is 18.5 Å². The molecule has 0 spiro atoms. The molecule has 0 aliphatic heterocycles. The van der Waals surface area contributed by atoms with Crippen LogP contribution in [0.25, 0.3) is 0 Å². The van der Waals surface area contributed by atoms with E-state index in [0.29, 0.717) is 6.61 Å². The average molecular weight is 268 g/mol. The summed E-state index contributed by atoms with van der Waals surface area (Å²) in [6.45, 7) is 2.36. The minimum Gasteiger partial charge on any atom is -0.383 e. The summed E-state index contributed by atoms with van der Waals surface area (Å²) in [4.78, 5) is 1.25. The Hall–Kier alpha value is 0.200. The SMILES string of the molecule is COCC(Cl)CCNCc1ccc(Cl)s1. The maximum Gasteiger partial charge on any atom is 0.0931 e. The largest absolute Gasteiger partial charge is 0.383 e. The molecular weight excluding hydrogens is 253 g/mol. The van der Waals surface area contributed by atoms with E-state index in [1.54, 1.807) is 18.4 Å². The van der Waals surface area contributed by atoms with E-state index in [-0.39, 0.29) is 5.38 Å². The second-order valence-electron chi connectivity index (χ2n) is 3.22. The van der Waals surface area contributed by atoms with E-state index in [9.17, 15) is 0 Å². The minimum absolute atomic E-state index is 0.0921. The lowest BCUT2D eigenvalue weighted by atomic mass is 10.3. The Labute approximate surface area is 105 Å². The molecule has 15 heavy (non-hydrogen) atoms. The van der Waals surface area contributed by atoms with Crippen LogP contribution in [0.4, 0.5) is 0 Å². The smallest absolute Gasteiger partial charge is 0.0931 e. The van der Waals surface area contributed by atoms with Crippen molar-refractivity contribution in [2.45, 2.75) is 18.3 Å². The quantitative estimate of drug-likeness (QED) is 0.606. The molecule has 5 heteroatoms. The number of thiophene rings is 1. The lowest BCUT2D eigenvalue weighted by molar-refractivity contribution is 0.195. The lowest BCUT2D eigenvalue weighted by Gasteiger charge is -2.08. The highest BCUT2D eigenvalue weighted by molar-refractivity contribution is 7.16. The van der Waals surface area contributed by atoms with Crippen molar-refractivity contribution < 1.29 is 4.74 Å². The molecule has 2 nitrogen and oxygen atoms in total. The molecule has 0 aliphatic rings. The Bertz CT molecular complexity index is 280. The standard InChI is InChI=1S/C10H15Cl2NOS/c1-14-7-8(11)4-5-13-6-9-2-3-10(12)15-9/h2-3,8,13H,4-7H2,1H3. The van der Waals surface area contributed by atoms with E-state index in [4.69, 9.17) is 27.9 Å². The molecular formula is C10H15Cl2NOS. The molecule has 0 fully saturated rings. The van der Waals surface area contributed by atoms with Gasteiger partial charge in [-0.1, -0.05) is 11.6 Å². The van der Waals surface area contributed by atoms with Gasteiger partial charge in [0.25, 0.3) is 0 Å². The van der Waals surface area contributed by atoms with Gasteiger partial charge in [-0.3, -0.25) is 0 Å². The zero-order valence-electron chi connectivity index (χ0n) is 8.63. The Morgan fingerprint density at radius 3 is 2.93 bits per heavy atom. The summed E-state index contributed by atoms with van der Waals surface area (Å²) in [5.74, 6) is 0. The van der Waals surface area contributed by atoms with Crippen molar-refractivity contribution in [3.63, 3.8) is 0 Å². The molecule has 0 amide bonds. The molecule has 1 aromatic rings. The third-order valence-electron chi connectivity index (χ3n) is 1.91. The van der Waals surface area contributed by atoms with Crippen LogP contribution < -0.4 is 5.32 Å². The minimum atomic E-state index is 0.0921. The van der Waals surface area contributed by atoms with Crippen LogP contribution in [0.1, 0.15) is 11.3 Å². The van der Waals surface area contributed by atoms with Crippen LogP contribution in [0.2, 0.25) is 4.34 Å². The topological polar surface area (TPSA) is 21.3 Å². The molecule has 86 valence electrons. The van der Waals surface area contributed by atoms with Crippen molar-refractivity contribution >= 4 is 34.5 Å². The van der Waals surface area contributed by atoms with Gasteiger partial charge < -0.3 is 10.1 Å². The zero-order chi connectivity index (χ0) is 11.1. The third-order valence-corrected chi connectivity index (χ3v) is 3.49. The molecule has 0 radical (unpaired) electrons. The second kappa shape index (κ2) is 7.47. The first kappa shape index (κ1) is 13.3. The number of hydrogen-bond acceptors (Lipinski definition) is 3. The van der Waals surface area contributed by atoms with Crippen molar-refractivity contribution in [2.24, 2.45) is 0 Å². The first-order valence-corrected chi connectivity index (χ1v) is 6.43. The van der Waals surface area contributed by atoms with E-state index in [1.807, 2.05) is 12.1 Å². The molecule has 1 rings (SSSR count). The summed E-state index contributed by atoms with van der Waals surface area (Å²) in [6, 6.07) is 3.95. The number of alkyl halides is 1. The highest BCUT2D eigenvalue weighted by Gasteiger charge is 2.03. The predicted molar refractivity (Wildman–Crippen MR) is 67.2 cm³/mol. The Morgan fingerprint density at radius 1 is 1.53 bits per heavy atom. The van der Waals surface area contributed by atoms with Crippen LogP contribution in [0.5, 0.6) is 0 Å². The molecule has 1 atom stereocenters. The van der Waals surface area contributed by atoms with E-state index < -0.39 is 0 Å². The number of hydrogen-bond donors (Lipinski definition) is 1. The van der Waals surface area contributed by atoms with Crippen LogP contribution >= 0.6 is 34.5 Å². The van der Waals surface area contributed by atoms with Crippen LogP contribution in [0.3, 0.4) is 0 Å². The predicted octanol–water partition coefficient (Wildman–Crippen LogP) is 3.14. The van der Waals surface area contributed by atoms with Gasteiger partial charge in [0.1, 0.15) is 0 Å². The summed E-state index contributed by atoms with van der Waals surface area (Å²) < 4.78 is 5.78. The number of halogens is 2. The van der Waals surface area contributed by atoms with Gasteiger partial charge in [-0.25, -0.2) is 0 Å². The van der Waals surface area contributed by atoms with Gasteiger partial charge in [0.05, 0.1) is 16.3 Å². The number of rotatable bonds is 7. The summed E-state index contributed by atoms with van der Waals surface area (Å²) >= 11 is 13.4. The summed E-state index contributed by atoms with van der Waals surface area (Å²) in [7, 11) is 1.66. The highest BCUT2D eigenvalue weighted by Crippen LogP contribution is 2.20. The van der Waals surface area contributed by atoms with Crippen LogP contribution in [-0.2, 0) is 11.3 Å². The van der Waals surface area contributed by atoms with Gasteiger partial charge in [-0.2, -0.15) is 0 Å². The fraction of sp³-hybridized carbons (Fsp3) is 0.600. The van der Waals surface area contributed by atoms with Crippen molar-refractivity contribution in [3.8, 4) is 0 Å². The zero-order valence-corrected chi connectivity index (χ0v) is 11.0. The first-order chi connectivity index (χ1) is 7.22. The Balaban J connectivity index is 2.06. The van der Waals surface area contributed by atoms with Crippen LogP contribution in [-0.4, -0.2) is 25.6 Å². The van der Waals surface area contributed by atoms with E-state index >= 15 is 0 Å². The third kappa shape index (κ3) is 5.73. The van der Waals surface area contributed by atoms with Gasteiger partial charge in [0.2, 0.25) is 0 Å². The van der Waals surface area contributed by atoms with Crippen molar-refractivity contribution in [1.29, 1.82) is 0 Å². The normalized spacial score (nSPS) is 13.0. The van der Waals surface area contributed by atoms with Gasteiger partial charge in [-0.05, 0) is 25.1 Å². The monoisotopic (exact) mass is 267 g/mol. The van der Waals surface area contributed by atoms with Crippen LogP contribution in [0.15, 0.2) is 12.1 Å². The van der Waals surface area contributed by atoms with E-state index in [1.165, 1.54) is 4.88 Å². The fourth-order valence-electron chi connectivity index (χ4n) is 1.18. The molecule has 0 saturated heterocycles. The second-order valence-corrected chi connectivity index (χ2v) is 5.64. The summed E-state index contributed by atoms with van der Waals surface area (Å²) in [5, 5.41) is 3.41. The number of methoxy groups -OCH3 is 1. The Morgan fingerprint density at radius 2 is 2.33 bits per heavy atom. The van der Waals surface area contributed by atoms with Crippen molar-refractivity contribution in [1.82, 2.24) is 5.32 Å². The van der Waals surface area contributed by atoms with Gasteiger partial charge in [-0.15, -0.1) is 22.9 Å². The molecule has 0 aliphatic carbocycles. The first-order valence-electron chi connectivity index (χ1n) is 4.80. The lowest BCUT2D eigenvalue weighted by Crippen LogP contribution is -2.19. The molecule has 0 aromatic carbocycles. The fourth-order valence-corrected chi connectivity index (χ4v) is 2.47. The maximum atomic E-state index is 5.98. The molecule has 0 saturated carbocycles. The van der Waals surface area contributed by atoms with Gasteiger partial charge in [0.15, 0.2) is 0 Å². The van der Waals surface area contributed by atoms with Crippen molar-refractivity contribution in [2.75, 3.05) is 20.3 Å². The molecule has 1 N–H and O–H groups in total. The van der Waals surface area contributed by atoms with Crippen molar-refractivity contribution in [3.05, 3.63) is 21.3 Å². The number of nitrogens with one attached hydrogen (secondary N) is 1. The molecule has 1 aromatic heterocycles.